The Morgan fingerprint density at radius 2 is 2.17 bits per heavy atom. The minimum atomic E-state index is -0.157. The summed E-state index contributed by atoms with van der Waals surface area (Å²) in [5.41, 5.74) is 8.65. The molecule has 4 heteroatoms. The summed E-state index contributed by atoms with van der Waals surface area (Å²) in [6.07, 6.45) is 2.15. The number of aryl methyl sites for hydroxylation is 1. The number of ether oxygens (including phenoxy) is 1. The standard InChI is InChI=1S/C14H14ClNOS/c15-12-7-6-11(18-12)13(16)10-5-1-3-9-4-2-8-17-14(9)10/h1,3,5-7,13H,2,4,8,16H2. The van der Waals surface area contributed by atoms with Gasteiger partial charge in [-0.25, -0.2) is 0 Å². The van der Waals surface area contributed by atoms with Crippen LogP contribution in [-0.2, 0) is 6.42 Å². The number of fused-ring (bicyclic) bond motifs is 1. The summed E-state index contributed by atoms with van der Waals surface area (Å²) in [7, 11) is 0. The van der Waals surface area contributed by atoms with Gasteiger partial charge in [0.2, 0.25) is 0 Å². The number of rotatable bonds is 2. The predicted octanol–water partition coefficient (Wildman–Crippen LogP) is 3.77. The van der Waals surface area contributed by atoms with Gasteiger partial charge >= 0.3 is 0 Å². The Bertz CT molecular complexity index is 567. The molecule has 0 saturated heterocycles. The van der Waals surface area contributed by atoms with Gasteiger partial charge in [-0.3, -0.25) is 0 Å². The van der Waals surface area contributed by atoms with E-state index in [1.165, 1.54) is 16.9 Å². The van der Waals surface area contributed by atoms with Crippen LogP contribution in [0, 0.1) is 0 Å². The van der Waals surface area contributed by atoms with Crippen molar-refractivity contribution in [3.63, 3.8) is 0 Å². The molecule has 2 aromatic rings. The Labute approximate surface area is 115 Å². The van der Waals surface area contributed by atoms with Gasteiger partial charge in [-0.1, -0.05) is 29.8 Å². The van der Waals surface area contributed by atoms with Crippen molar-refractivity contribution in [2.24, 2.45) is 5.73 Å². The van der Waals surface area contributed by atoms with Crippen molar-refractivity contribution in [3.05, 3.63) is 50.7 Å². The number of thiophene rings is 1. The van der Waals surface area contributed by atoms with Crippen molar-refractivity contribution in [1.82, 2.24) is 0 Å². The molecule has 0 saturated carbocycles. The highest BCUT2D eigenvalue weighted by Gasteiger charge is 2.20. The van der Waals surface area contributed by atoms with Crippen LogP contribution < -0.4 is 10.5 Å². The molecular weight excluding hydrogens is 266 g/mol. The topological polar surface area (TPSA) is 35.2 Å². The maximum atomic E-state index is 6.33. The number of halogens is 1. The Balaban J connectivity index is 2.01. The van der Waals surface area contributed by atoms with E-state index >= 15 is 0 Å². The highest BCUT2D eigenvalue weighted by Crippen LogP contribution is 2.37. The predicted molar refractivity (Wildman–Crippen MR) is 75.6 cm³/mol. The van der Waals surface area contributed by atoms with Crippen LogP contribution >= 0.6 is 22.9 Å². The number of benzene rings is 1. The van der Waals surface area contributed by atoms with Crippen molar-refractivity contribution in [2.45, 2.75) is 18.9 Å². The lowest BCUT2D eigenvalue weighted by atomic mass is 9.98. The maximum Gasteiger partial charge on any atom is 0.127 e. The van der Waals surface area contributed by atoms with Gasteiger partial charge in [0.15, 0.2) is 0 Å². The first-order chi connectivity index (χ1) is 8.75. The molecule has 0 spiro atoms. The van der Waals surface area contributed by atoms with Crippen LogP contribution in [0.15, 0.2) is 30.3 Å². The fourth-order valence-corrected chi connectivity index (χ4v) is 3.39. The lowest BCUT2D eigenvalue weighted by Crippen LogP contribution is -2.16. The Hall–Kier alpha value is -1.03. The Morgan fingerprint density at radius 1 is 1.28 bits per heavy atom. The van der Waals surface area contributed by atoms with E-state index in [9.17, 15) is 0 Å². The molecule has 1 unspecified atom stereocenters. The van der Waals surface area contributed by atoms with E-state index in [1.807, 2.05) is 18.2 Å². The Morgan fingerprint density at radius 3 is 2.94 bits per heavy atom. The average Bonchev–Trinajstić information content (AvgIpc) is 2.84. The summed E-state index contributed by atoms with van der Waals surface area (Å²) in [6, 6.07) is 9.93. The third-order valence-corrected chi connectivity index (χ3v) is 4.51. The molecule has 2 N–H and O–H groups in total. The molecule has 1 aromatic heterocycles. The molecule has 2 nitrogen and oxygen atoms in total. The quantitative estimate of drug-likeness (QED) is 0.908. The average molecular weight is 280 g/mol. The van der Waals surface area contributed by atoms with Crippen LogP contribution in [0.1, 0.15) is 28.5 Å². The molecule has 0 radical (unpaired) electrons. The van der Waals surface area contributed by atoms with E-state index in [1.54, 1.807) is 0 Å². The Kier molecular flexibility index (Phi) is 3.29. The fraction of sp³-hybridized carbons (Fsp3) is 0.286. The van der Waals surface area contributed by atoms with Crippen LogP contribution in [0.25, 0.3) is 0 Å². The van der Waals surface area contributed by atoms with Crippen LogP contribution in [-0.4, -0.2) is 6.61 Å². The summed E-state index contributed by atoms with van der Waals surface area (Å²) in [5, 5.41) is 0. The largest absolute Gasteiger partial charge is 0.493 e. The molecule has 1 aliphatic rings. The fourth-order valence-electron chi connectivity index (χ4n) is 2.31. The molecule has 0 amide bonds. The van der Waals surface area contributed by atoms with Crippen LogP contribution in [0.4, 0.5) is 0 Å². The van der Waals surface area contributed by atoms with E-state index in [0.717, 1.165) is 40.0 Å². The number of nitrogens with two attached hydrogens (primary N) is 1. The molecule has 3 rings (SSSR count). The molecule has 94 valence electrons. The summed E-state index contributed by atoms with van der Waals surface area (Å²) < 4.78 is 6.57. The zero-order chi connectivity index (χ0) is 12.5. The van der Waals surface area contributed by atoms with Crippen molar-refractivity contribution < 1.29 is 4.74 Å². The summed E-state index contributed by atoms with van der Waals surface area (Å²) in [6.45, 7) is 0.780. The van der Waals surface area contributed by atoms with Crippen molar-refractivity contribution >= 4 is 22.9 Å². The highest BCUT2D eigenvalue weighted by molar-refractivity contribution is 7.16. The normalized spacial score (nSPS) is 15.9. The smallest absolute Gasteiger partial charge is 0.127 e. The van der Waals surface area contributed by atoms with Crippen molar-refractivity contribution in [2.75, 3.05) is 6.61 Å². The van der Waals surface area contributed by atoms with Crippen LogP contribution in [0.2, 0.25) is 4.34 Å². The van der Waals surface area contributed by atoms with Gasteiger partial charge in [0.25, 0.3) is 0 Å². The molecule has 0 bridgehead atoms. The summed E-state index contributed by atoms with van der Waals surface area (Å²) in [5.74, 6) is 0.973. The SMILES string of the molecule is NC(c1ccc(Cl)s1)c1cccc2c1OCCC2. The molecule has 0 fully saturated rings. The van der Waals surface area contributed by atoms with E-state index in [0.29, 0.717) is 0 Å². The van der Waals surface area contributed by atoms with Gasteiger partial charge in [-0.2, -0.15) is 0 Å². The second-order valence-electron chi connectivity index (χ2n) is 4.41. The van der Waals surface area contributed by atoms with E-state index < -0.39 is 0 Å². The molecule has 18 heavy (non-hydrogen) atoms. The third-order valence-electron chi connectivity index (χ3n) is 3.20. The van der Waals surface area contributed by atoms with Gasteiger partial charge in [0, 0.05) is 10.4 Å². The summed E-state index contributed by atoms with van der Waals surface area (Å²) in [4.78, 5) is 1.07. The molecule has 1 aromatic carbocycles. The lowest BCUT2D eigenvalue weighted by molar-refractivity contribution is 0.284. The first kappa shape index (κ1) is 12.0. The molecule has 2 heterocycles. The van der Waals surface area contributed by atoms with E-state index in [4.69, 9.17) is 22.1 Å². The minimum Gasteiger partial charge on any atom is -0.493 e. The molecule has 1 aliphatic heterocycles. The van der Waals surface area contributed by atoms with E-state index in [2.05, 4.69) is 12.1 Å². The zero-order valence-corrected chi connectivity index (χ0v) is 11.4. The molecule has 0 aliphatic carbocycles. The van der Waals surface area contributed by atoms with Crippen molar-refractivity contribution in [1.29, 1.82) is 0 Å². The van der Waals surface area contributed by atoms with Crippen LogP contribution in [0.3, 0.4) is 0 Å². The molecule has 1 atom stereocenters. The first-order valence-electron chi connectivity index (χ1n) is 6.01. The minimum absolute atomic E-state index is 0.157. The monoisotopic (exact) mass is 279 g/mol. The molecular formula is C14H14ClNOS. The van der Waals surface area contributed by atoms with Crippen LogP contribution in [0.5, 0.6) is 5.75 Å². The number of para-hydroxylation sites is 1. The number of hydrogen-bond donors (Lipinski definition) is 1. The van der Waals surface area contributed by atoms with Gasteiger partial charge in [-0.15, -0.1) is 11.3 Å². The van der Waals surface area contributed by atoms with Crippen molar-refractivity contribution in [3.8, 4) is 5.75 Å². The third kappa shape index (κ3) is 2.14. The van der Waals surface area contributed by atoms with Gasteiger partial charge in [0.1, 0.15) is 5.75 Å². The first-order valence-corrected chi connectivity index (χ1v) is 7.20. The van der Waals surface area contributed by atoms with Gasteiger partial charge in [0.05, 0.1) is 17.0 Å². The zero-order valence-electron chi connectivity index (χ0n) is 9.86. The van der Waals surface area contributed by atoms with E-state index in [-0.39, 0.29) is 6.04 Å². The second kappa shape index (κ2) is 4.92. The lowest BCUT2D eigenvalue weighted by Gasteiger charge is -2.22. The van der Waals surface area contributed by atoms with Gasteiger partial charge in [-0.05, 0) is 30.5 Å². The summed E-state index contributed by atoms with van der Waals surface area (Å²) >= 11 is 7.49. The maximum absolute atomic E-state index is 6.33. The number of hydrogen-bond acceptors (Lipinski definition) is 3. The van der Waals surface area contributed by atoms with Gasteiger partial charge < -0.3 is 10.5 Å². The highest BCUT2D eigenvalue weighted by atomic mass is 35.5. The second-order valence-corrected chi connectivity index (χ2v) is 6.15.